The van der Waals surface area contributed by atoms with Crippen LogP contribution in [-0.4, -0.2) is 25.7 Å². The molecule has 84 valence electrons. The van der Waals surface area contributed by atoms with Crippen LogP contribution in [0, 0.1) is 11.3 Å². The molecule has 1 unspecified atom stereocenters. The highest BCUT2D eigenvalue weighted by Crippen LogP contribution is 2.23. The summed E-state index contributed by atoms with van der Waals surface area (Å²) in [7, 11) is -4.24. The molecule has 0 radical (unpaired) electrons. The van der Waals surface area contributed by atoms with Gasteiger partial charge in [-0.05, 0) is 23.8 Å². The molecule has 0 saturated carbocycles. The molecule has 1 aromatic rings. The largest absolute Gasteiger partial charge is 0.373 e. The van der Waals surface area contributed by atoms with Gasteiger partial charge in [0.1, 0.15) is 0 Å². The van der Waals surface area contributed by atoms with Crippen molar-refractivity contribution in [2.24, 2.45) is 0 Å². The number of benzene rings is 1. The van der Waals surface area contributed by atoms with Crippen LogP contribution in [0.1, 0.15) is 11.1 Å². The summed E-state index contributed by atoms with van der Waals surface area (Å²) in [5.41, 5.74) is 0.784. The second kappa shape index (κ2) is 3.87. The Bertz CT molecular complexity index is 555. The van der Waals surface area contributed by atoms with E-state index < -0.39 is 10.1 Å². The first-order valence-corrected chi connectivity index (χ1v) is 6.07. The number of nitrogens with zero attached hydrogens (tertiary/aromatic N) is 1. The molecule has 0 aliphatic carbocycles. The number of hydrogen-bond acceptors (Lipinski definition) is 4. The molecular weight excluding hydrogens is 230 g/mol. The van der Waals surface area contributed by atoms with Gasteiger partial charge in [-0.2, -0.15) is 13.7 Å². The summed E-state index contributed by atoms with van der Waals surface area (Å²) in [5.74, 6) is 0. The third kappa shape index (κ3) is 2.39. The molecule has 0 bridgehead atoms. The van der Waals surface area contributed by atoms with Crippen molar-refractivity contribution >= 4 is 10.1 Å². The smallest absolute Gasteiger partial charge is 0.294 e. The second-order valence-corrected chi connectivity index (χ2v) is 4.96. The summed E-state index contributed by atoms with van der Waals surface area (Å²) in [5, 5.41) is 8.71. The molecule has 1 fully saturated rings. The normalized spacial score (nSPS) is 19.1. The first-order chi connectivity index (χ1) is 7.50. The molecule has 1 N–H and O–H groups in total. The van der Waals surface area contributed by atoms with Gasteiger partial charge in [0.05, 0.1) is 29.2 Å². The fraction of sp³-hybridized carbons (Fsp3) is 0.300. The Kier molecular flexibility index (Phi) is 2.68. The zero-order valence-electron chi connectivity index (χ0n) is 8.25. The molecule has 1 aliphatic rings. The Hall–Kier alpha value is -1.42. The summed E-state index contributed by atoms with van der Waals surface area (Å²) in [6.07, 6.45) is 0.388. The Balaban J connectivity index is 2.47. The van der Waals surface area contributed by atoms with Gasteiger partial charge in [-0.1, -0.05) is 0 Å². The van der Waals surface area contributed by atoms with Crippen LogP contribution in [0.3, 0.4) is 0 Å². The van der Waals surface area contributed by atoms with Crippen LogP contribution in [-0.2, 0) is 21.3 Å². The third-order valence-corrected chi connectivity index (χ3v) is 3.27. The number of hydrogen-bond donors (Lipinski definition) is 1. The highest BCUT2D eigenvalue weighted by atomic mass is 32.2. The molecule has 1 saturated heterocycles. The van der Waals surface area contributed by atoms with Crippen LogP contribution in [0.2, 0.25) is 0 Å². The molecule has 0 amide bonds. The van der Waals surface area contributed by atoms with Gasteiger partial charge in [-0.25, -0.2) is 0 Å². The topological polar surface area (TPSA) is 90.7 Å². The zero-order chi connectivity index (χ0) is 11.8. The van der Waals surface area contributed by atoms with E-state index in [1.165, 1.54) is 18.2 Å². The van der Waals surface area contributed by atoms with Crippen LogP contribution in [0.4, 0.5) is 0 Å². The maximum atomic E-state index is 11.1. The summed E-state index contributed by atoms with van der Waals surface area (Å²) in [6, 6.07) is 5.99. The molecule has 16 heavy (non-hydrogen) atoms. The van der Waals surface area contributed by atoms with Crippen molar-refractivity contribution in [2.75, 3.05) is 6.61 Å². The van der Waals surface area contributed by atoms with Gasteiger partial charge in [-0.15, -0.1) is 0 Å². The Morgan fingerprint density at radius 2 is 2.25 bits per heavy atom. The van der Waals surface area contributed by atoms with Gasteiger partial charge in [0.25, 0.3) is 10.1 Å². The number of nitriles is 1. The van der Waals surface area contributed by atoms with Gasteiger partial charge in [0.2, 0.25) is 0 Å². The van der Waals surface area contributed by atoms with E-state index in [-0.39, 0.29) is 11.0 Å². The molecule has 1 aliphatic heterocycles. The third-order valence-electron chi connectivity index (χ3n) is 2.32. The average Bonchev–Trinajstić information content (AvgIpc) is 3.00. The monoisotopic (exact) mass is 239 g/mol. The van der Waals surface area contributed by atoms with Crippen molar-refractivity contribution in [3.8, 4) is 6.07 Å². The molecule has 5 nitrogen and oxygen atoms in total. The predicted molar refractivity (Wildman–Crippen MR) is 54.4 cm³/mol. The number of ether oxygens (including phenoxy) is 1. The number of epoxide rings is 1. The SMILES string of the molecule is N#Cc1ccc(S(=O)(=O)O)c(CC2CO2)c1. The minimum Gasteiger partial charge on any atom is -0.373 e. The fourth-order valence-electron chi connectivity index (χ4n) is 1.49. The predicted octanol–water partition coefficient (Wildman–Crippen LogP) is 0.746. The first kappa shape index (κ1) is 11.1. The summed E-state index contributed by atoms with van der Waals surface area (Å²) in [4.78, 5) is -0.151. The lowest BCUT2D eigenvalue weighted by Crippen LogP contribution is -2.06. The van der Waals surface area contributed by atoms with Gasteiger partial charge < -0.3 is 4.74 Å². The van der Waals surface area contributed by atoms with Gasteiger partial charge in [0.15, 0.2) is 0 Å². The fourth-order valence-corrected chi connectivity index (χ4v) is 2.20. The lowest BCUT2D eigenvalue weighted by atomic mass is 10.1. The van der Waals surface area contributed by atoms with Crippen molar-refractivity contribution in [3.63, 3.8) is 0 Å². The Morgan fingerprint density at radius 3 is 2.75 bits per heavy atom. The van der Waals surface area contributed by atoms with Crippen molar-refractivity contribution in [1.82, 2.24) is 0 Å². The quantitative estimate of drug-likeness (QED) is 0.620. The van der Waals surface area contributed by atoms with E-state index in [2.05, 4.69) is 0 Å². The van der Waals surface area contributed by atoms with Crippen molar-refractivity contribution in [1.29, 1.82) is 5.26 Å². The Labute approximate surface area is 93.0 Å². The molecule has 2 rings (SSSR count). The Morgan fingerprint density at radius 1 is 1.56 bits per heavy atom. The maximum absolute atomic E-state index is 11.1. The van der Waals surface area contributed by atoms with Crippen LogP contribution >= 0.6 is 0 Å². The molecular formula is C10H9NO4S. The lowest BCUT2D eigenvalue weighted by Gasteiger charge is -2.05. The zero-order valence-corrected chi connectivity index (χ0v) is 9.07. The van der Waals surface area contributed by atoms with E-state index in [9.17, 15) is 8.42 Å². The van der Waals surface area contributed by atoms with Crippen LogP contribution < -0.4 is 0 Å². The minimum absolute atomic E-state index is 0.00515. The summed E-state index contributed by atoms with van der Waals surface area (Å²) >= 11 is 0. The molecule has 1 heterocycles. The maximum Gasteiger partial charge on any atom is 0.294 e. The van der Waals surface area contributed by atoms with Crippen LogP contribution in [0.25, 0.3) is 0 Å². The van der Waals surface area contributed by atoms with E-state index in [4.69, 9.17) is 14.6 Å². The van der Waals surface area contributed by atoms with E-state index >= 15 is 0 Å². The van der Waals surface area contributed by atoms with E-state index in [1.807, 2.05) is 6.07 Å². The highest BCUT2D eigenvalue weighted by Gasteiger charge is 2.26. The highest BCUT2D eigenvalue weighted by molar-refractivity contribution is 7.85. The van der Waals surface area contributed by atoms with Crippen LogP contribution in [0.15, 0.2) is 23.1 Å². The lowest BCUT2D eigenvalue weighted by molar-refractivity contribution is 0.406. The first-order valence-electron chi connectivity index (χ1n) is 4.63. The van der Waals surface area contributed by atoms with Gasteiger partial charge >= 0.3 is 0 Å². The molecule has 6 heteroatoms. The van der Waals surface area contributed by atoms with Crippen molar-refractivity contribution in [2.45, 2.75) is 17.4 Å². The summed E-state index contributed by atoms with van der Waals surface area (Å²) < 4.78 is 36.2. The van der Waals surface area contributed by atoms with Crippen molar-refractivity contribution < 1.29 is 17.7 Å². The average molecular weight is 239 g/mol. The summed E-state index contributed by atoms with van der Waals surface area (Å²) in [6.45, 7) is 0.585. The van der Waals surface area contributed by atoms with E-state index in [0.717, 1.165) is 0 Å². The number of rotatable bonds is 3. The van der Waals surface area contributed by atoms with Crippen LogP contribution in [0.5, 0.6) is 0 Å². The molecule has 0 spiro atoms. The van der Waals surface area contributed by atoms with Gasteiger partial charge in [0, 0.05) is 6.42 Å². The van der Waals surface area contributed by atoms with E-state index in [0.29, 0.717) is 24.2 Å². The minimum atomic E-state index is -4.24. The van der Waals surface area contributed by atoms with E-state index in [1.54, 1.807) is 0 Å². The molecule has 1 aromatic carbocycles. The second-order valence-electron chi connectivity index (χ2n) is 3.57. The van der Waals surface area contributed by atoms with Gasteiger partial charge in [-0.3, -0.25) is 4.55 Å². The molecule has 0 aromatic heterocycles. The molecule has 1 atom stereocenters. The van der Waals surface area contributed by atoms with Crippen molar-refractivity contribution in [3.05, 3.63) is 29.3 Å². The standard InChI is InChI=1S/C10H9NO4S/c11-5-7-1-2-10(16(12,13)14)8(3-7)4-9-6-15-9/h1-3,9H,4,6H2,(H,12,13,14).